The molecule has 1 aliphatic carbocycles. The van der Waals surface area contributed by atoms with Crippen LogP contribution in [-0.4, -0.2) is 82.7 Å². The van der Waals surface area contributed by atoms with Gasteiger partial charge in [-0.05, 0) is 147 Å². The van der Waals surface area contributed by atoms with Gasteiger partial charge in [0.25, 0.3) is 6.43 Å². The van der Waals surface area contributed by atoms with E-state index in [0.717, 1.165) is 99.7 Å². The lowest BCUT2D eigenvalue weighted by atomic mass is 9.67. The largest absolute Gasteiger partial charge is 0.371 e. The number of benzene rings is 3. The first-order valence-corrected chi connectivity index (χ1v) is 25.0. The van der Waals surface area contributed by atoms with Gasteiger partial charge in [0.1, 0.15) is 6.07 Å². The van der Waals surface area contributed by atoms with Gasteiger partial charge in [-0.15, -0.1) is 0 Å². The van der Waals surface area contributed by atoms with Crippen molar-refractivity contribution in [2.75, 3.05) is 72.0 Å². The maximum atomic E-state index is 14.8. The fourth-order valence-electron chi connectivity index (χ4n) is 12.7. The molecule has 11 rings (SSSR count). The number of carbonyl (C=O) groups excluding carboxylic acids is 1. The van der Waals surface area contributed by atoms with Crippen molar-refractivity contribution in [1.29, 1.82) is 5.26 Å². The Morgan fingerprint density at radius 3 is 2.09 bits per heavy atom. The van der Waals surface area contributed by atoms with Crippen molar-refractivity contribution < 1.29 is 13.6 Å². The fraction of sp³-hybridized carbons (Fsp3) is 0.509. The standard InChI is InChI=1S/C53H61ClF2N10O/c1-36(67)63-22-13-48-46(34-63)51(65-21-3-4-37-28-44(39-32-58-60(2)33-39)45(50(55)56)30-49(37)65)59-66(48)42-11-14-52(15-12-42)16-23-61(24-17-52)40-7-9-41(10-8-40)62-25-18-53(19-26-62)20-27-64(35-53)43-6-5-38(31-57)47(54)29-43/h5-10,28-30,32-33,42,50H,3-4,11-27,34-35H2,1-2H3. The highest BCUT2D eigenvalue weighted by Crippen LogP contribution is 2.50. The van der Waals surface area contributed by atoms with Gasteiger partial charge in [-0.1, -0.05) is 11.6 Å². The number of rotatable bonds is 7. The van der Waals surface area contributed by atoms with Crippen LogP contribution in [0.4, 0.5) is 37.3 Å². The summed E-state index contributed by atoms with van der Waals surface area (Å²) >= 11 is 6.39. The Morgan fingerprint density at radius 1 is 0.821 bits per heavy atom. The Bertz CT molecular complexity index is 2700. The van der Waals surface area contributed by atoms with Gasteiger partial charge in [-0.2, -0.15) is 15.5 Å². The van der Waals surface area contributed by atoms with Crippen molar-refractivity contribution in [2.45, 2.75) is 103 Å². The molecule has 0 atom stereocenters. The van der Waals surface area contributed by atoms with Crippen LogP contribution in [0, 0.1) is 22.2 Å². The highest BCUT2D eigenvalue weighted by Gasteiger charge is 2.43. The van der Waals surface area contributed by atoms with Gasteiger partial charge in [-0.3, -0.25) is 14.2 Å². The number of hydrogen-bond donors (Lipinski definition) is 0. The van der Waals surface area contributed by atoms with E-state index >= 15 is 0 Å². The van der Waals surface area contributed by atoms with Gasteiger partial charge in [-0.25, -0.2) is 8.78 Å². The highest BCUT2D eigenvalue weighted by molar-refractivity contribution is 6.32. The van der Waals surface area contributed by atoms with Crippen molar-refractivity contribution in [3.8, 4) is 17.2 Å². The number of alkyl halides is 2. The van der Waals surface area contributed by atoms with Crippen molar-refractivity contribution in [2.24, 2.45) is 17.9 Å². The summed E-state index contributed by atoms with van der Waals surface area (Å²) in [6.45, 7) is 9.82. The Balaban J connectivity index is 0.734. The molecule has 5 aromatic rings. The molecule has 1 amide bonds. The molecule has 3 saturated heterocycles. The van der Waals surface area contributed by atoms with E-state index in [-0.39, 0.29) is 17.5 Å². The first-order valence-electron chi connectivity index (χ1n) is 24.6. The lowest BCUT2D eigenvalue weighted by Gasteiger charge is -2.47. The monoisotopic (exact) mass is 926 g/mol. The third-order valence-corrected chi connectivity index (χ3v) is 17.2. The highest BCUT2D eigenvalue weighted by atomic mass is 35.5. The predicted molar refractivity (Wildman–Crippen MR) is 261 cm³/mol. The molecule has 3 aromatic carbocycles. The molecule has 0 bridgehead atoms. The van der Waals surface area contributed by atoms with Crippen LogP contribution in [-0.2, 0) is 31.2 Å². The molecule has 0 radical (unpaired) electrons. The van der Waals surface area contributed by atoms with E-state index in [1.54, 1.807) is 37.1 Å². The number of piperidine rings is 2. The predicted octanol–water partition coefficient (Wildman–Crippen LogP) is 10.6. The minimum atomic E-state index is -2.64. The summed E-state index contributed by atoms with van der Waals surface area (Å²) < 4.78 is 33.6. The number of halogens is 3. The van der Waals surface area contributed by atoms with Gasteiger partial charge in [0, 0.05) is 124 Å². The second-order valence-electron chi connectivity index (χ2n) is 20.6. The molecular formula is C53H61ClF2N10O. The summed E-state index contributed by atoms with van der Waals surface area (Å²) in [6, 6.07) is 21.2. The zero-order chi connectivity index (χ0) is 46.0. The van der Waals surface area contributed by atoms with Crippen molar-refractivity contribution >= 4 is 46.1 Å². The molecule has 1 saturated carbocycles. The van der Waals surface area contributed by atoms with Crippen molar-refractivity contribution in [3.63, 3.8) is 0 Å². The zero-order valence-corrected chi connectivity index (χ0v) is 39.6. The summed E-state index contributed by atoms with van der Waals surface area (Å²) in [5.41, 5.74) is 10.3. The zero-order valence-electron chi connectivity index (χ0n) is 38.9. The third-order valence-electron chi connectivity index (χ3n) is 16.9. The minimum absolute atomic E-state index is 0.00938. The average molecular weight is 928 g/mol. The van der Waals surface area contributed by atoms with Crippen molar-refractivity contribution in [3.05, 3.63) is 100.0 Å². The summed E-state index contributed by atoms with van der Waals surface area (Å²) in [7, 11) is 1.80. The Labute approximate surface area is 397 Å². The van der Waals surface area contributed by atoms with Crippen LogP contribution in [0.5, 0.6) is 0 Å². The molecular weight excluding hydrogens is 866 g/mol. The van der Waals surface area contributed by atoms with Gasteiger partial charge in [0.2, 0.25) is 5.91 Å². The number of hydrogen-bond acceptors (Lipinski definition) is 8. The Morgan fingerprint density at radius 2 is 1.48 bits per heavy atom. The number of carbonyl (C=O) groups is 1. The van der Waals surface area contributed by atoms with Crippen LogP contribution in [0.25, 0.3) is 11.1 Å². The van der Waals surface area contributed by atoms with E-state index in [9.17, 15) is 18.8 Å². The van der Waals surface area contributed by atoms with Gasteiger partial charge >= 0.3 is 0 Å². The molecule has 4 fully saturated rings. The van der Waals surface area contributed by atoms with E-state index < -0.39 is 6.43 Å². The van der Waals surface area contributed by atoms with E-state index in [1.165, 1.54) is 62.0 Å². The molecule has 6 aliphatic rings. The number of nitriles is 1. The molecule has 5 aliphatic heterocycles. The average Bonchev–Trinajstić information content (AvgIpc) is 4.08. The SMILES string of the molecule is CC(=O)N1CCc2c(c(N3CCCc4cc(-c5cnn(C)c5)c(C(F)F)cc43)nn2C2CCC3(CC2)CCN(c2ccc(N4CCC5(CC4)CCN(c4ccc(C#N)c(Cl)c4)C5)cc2)CC3)C1. The summed E-state index contributed by atoms with van der Waals surface area (Å²) in [4.78, 5) is 24.4. The molecule has 2 spiro atoms. The van der Waals surface area contributed by atoms with E-state index in [4.69, 9.17) is 16.7 Å². The lowest BCUT2D eigenvalue weighted by molar-refractivity contribution is -0.129. The smallest absolute Gasteiger partial charge is 0.264 e. The number of anilines is 5. The van der Waals surface area contributed by atoms with Crippen LogP contribution >= 0.6 is 11.6 Å². The van der Waals surface area contributed by atoms with Crippen LogP contribution in [0.3, 0.4) is 0 Å². The quantitative estimate of drug-likeness (QED) is 0.159. The molecule has 350 valence electrons. The van der Waals surface area contributed by atoms with Crippen LogP contribution in [0.15, 0.2) is 67.0 Å². The second kappa shape index (κ2) is 17.5. The van der Waals surface area contributed by atoms with Gasteiger partial charge < -0.3 is 24.5 Å². The molecule has 0 unspecified atom stereocenters. The van der Waals surface area contributed by atoms with E-state index in [0.29, 0.717) is 52.2 Å². The number of amides is 1. The summed E-state index contributed by atoms with van der Waals surface area (Å²) in [5, 5.41) is 19.5. The first kappa shape index (κ1) is 43.9. The van der Waals surface area contributed by atoms with Gasteiger partial charge in [0.05, 0.1) is 29.4 Å². The molecule has 2 aromatic heterocycles. The number of aryl methyl sites for hydroxylation is 2. The maximum Gasteiger partial charge on any atom is 0.264 e. The Kier molecular flexibility index (Phi) is 11.5. The molecule has 11 nitrogen and oxygen atoms in total. The molecule has 14 heteroatoms. The second-order valence-corrected chi connectivity index (χ2v) is 21.0. The Hall–Kier alpha value is -5.61. The molecule has 7 heterocycles. The lowest BCUT2D eigenvalue weighted by Crippen LogP contribution is -2.42. The van der Waals surface area contributed by atoms with Gasteiger partial charge in [0.15, 0.2) is 5.82 Å². The van der Waals surface area contributed by atoms with Crippen LogP contribution in [0.2, 0.25) is 5.02 Å². The number of aromatic nitrogens is 4. The fourth-order valence-corrected chi connectivity index (χ4v) is 13.0. The molecule has 67 heavy (non-hydrogen) atoms. The minimum Gasteiger partial charge on any atom is -0.371 e. The maximum absolute atomic E-state index is 14.8. The number of nitrogens with zero attached hydrogens (tertiary/aromatic N) is 10. The van der Waals surface area contributed by atoms with Crippen LogP contribution < -0.4 is 19.6 Å². The van der Waals surface area contributed by atoms with E-state index in [1.807, 2.05) is 29.2 Å². The summed E-state index contributed by atoms with van der Waals surface area (Å²) in [5.74, 6) is 0.875. The van der Waals surface area contributed by atoms with Crippen LogP contribution in [0.1, 0.15) is 112 Å². The number of fused-ring (bicyclic) bond motifs is 2. The van der Waals surface area contributed by atoms with E-state index in [2.05, 4.69) is 59.7 Å². The molecule has 0 N–H and O–H groups in total. The van der Waals surface area contributed by atoms with Crippen molar-refractivity contribution in [1.82, 2.24) is 24.5 Å². The first-order chi connectivity index (χ1) is 32.5. The summed E-state index contributed by atoms with van der Waals surface area (Å²) in [6.07, 6.45) is 13.7. The topological polar surface area (TPSA) is 92.7 Å². The normalized spacial score (nSPS) is 20.5. The third kappa shape index (κ3) is 8.21.